The number of allylic oxidation sites excluding steroid dienone is 2. The van der Waals surface area contributed by atoms with Crippen molar-refractivity contribution in [3.05, 3.63) is 89.6 Å². The highest BCUT2D eigenvalue weighted by Crippen LogP contribution is 2.34. The zero-order valence-electron chi connectivity index (χ0n) is 17.7. The predicted octanol–water partition coefficient (Wildman–Crippen LogP) is 3.19. The number of nitrogens with two attached hydrogens (primary N) is 1. The molecule has 10 nitrogen and oxygen atoms in total. The highest BCUT2D eigenvalue weighted by Gasteiger charge is 2.12. The molecule has 0 atom stereocenters. The van der Waals surface area contributed by atoms with E-state index in [2.05, 4.69) is 25.3 Å². The van der Waals surface area contributed by atoms with Crippen LogP contribution in [0.25, 0.3) is 5.57 Å². The van der Waals surface area contributed by atoms with Crippen LogP contribution in [0.4, 0.5) is 20.3 Å². The third kappa shape index (κ3) is 7.58. The van der Waals surface area contributed by atoms with Gasteiger partial charge in [0.15, 0.2) is 17.4 Å². The number of hydrogen-bond donors (Lipinski definition) is 5. The number of rotatable bonds is 11. The van der Waals surface area contributed by atoms with E-state index in [1.54, 1.807) is 36.5 Å². The van der Waals surface area contributed by atoms with Crippen molar-refractivity contribution in [3.63, 3.8) is 0 Å². The van der Waals surface area contributed by atoms with Gasteiger partial charge in [-0.3, -0.25) is 4.52 Å². The minimum absolute atomic E-state index is 0.0129. The fraction of sp³-hybridized carbons (Fsp3) is 0.143. The third-order valence-electron chi connectivity index (χ3n) is 4.35. The summed E-state index contributed by atoms with van der Waals surface area (Å²) in [6.45, 7) is -0.199. The number of hydrogen-bond acceptors (Lipinski definition) is 8. The largest absolute Gasteiger partial charge is 0.471 e. The first-order valence-electron chi connectivity index (χ1n) is 9.86. The molecule has 13 heteroatoms. The number of nitrogens with zero attached hydrogens (tertiary/aromatic N) is 2. The van der Waals surface area contributed by atoms with Gasteiger partial charge >= 0.3 is 7.82 Å². The Kier molecular flexibility index (Phi) is 8.63. The fourth-order valence-electron chi connectivity index (χ4n) is 2.75. The van der Waals surface area contributed by atoms with Gasteiger partial charge in [-0.15, -0.1) is 0 Å². The van der Waals surface area contributed by atoms with Crippen molar-refractivity contribution in [2.45, 2.75) is 6.42 Å². The molecular formula is C21H22F2N5O5P. The molecule has 0 aliphatic heterocycles. The van der Waals surface area contributed by atoms with Gasteiger partial charge in [-0.1, -0.05) is 23.4 Å². The third-order valence-corrected chi connectivity index (χ3v) is 4.81. The SMILES string of the molecule is NC/C(=C\C=C/NCOP(=O)(O)O)c1cc(Cc2ccc(Nc3cccc(F)c3F)nc2)no1. The van der Waals surface area contributed by atoms with Crippen LogP contribution in [0.2, 0.25) is 0 Å². The Morgan fingerprint density at radius 1 is 1.26 bits per heavy atom. The summed E-state index contributed by atoms with van der Waals surface area (Å²) in [4.78, 5) is 21.4. The lowest BCUT2D eigenvalue weighted by Crippen LogP contribution is -2.09. The number of benzene rings is 1. The average molecular weight is 493 g/mol. The highest BCUT2D eigenvalue weighted by atomic mass is 31.2. The van der Waals surface area contributed by atoms with E-state index in [9.17, 15) is 13.3 Å². The van der Waals surface area contributed by atoms with Crippen LogP contribution in [-0.2, 0) is 15.5 Å². The monoisotopic (exact) mass is 493 g/mol. The van der Waals surface area contributed by atoms with E-state index in [1.165, 1.54) is 18.3 Å². The van der Waals surface area contributed by atoms with Crippen LogP contribution >= 0.6 is 7.82 Å². The second-order valence-electron chi connectivity index (χ2n) is 6.86. The lowest BCUT2D eigenvalue weighted by atomic mass is 10.1. The molecule has 0 amide bonds. The van der Waals surface area contributed by atoms with Crippen LogP contribution in [0, 0.1) is 11.6 Å². The topological polar surface area (TPSA) is 156 Å². The predicted molar refractivity (Wildman–Crippen MR) is 120 cm³/mol. The number of phosphoric ester groups is 1. The van der Waals surface area contributed by atoms with Crippen molar-refractivity contribution in [3.8, 4) is 0 Å². The Labute approximate surface area is 193 Å². The minimum Gasteiger partial charge on any atom is -0.368 e. The first-order chi connectivity index (χ1) is 16.2. The van der Waals surface area contributed by atoms with Gasteiger partial charge in [-0.05, 0) is 36.0 Å². The Hall–Kier alpha value is -3.41. The van der Waals surface area contributed by atoms with Crippen LogP contribution < -0.4 is 16.4 Å². The molecule has 2 heterocycles. The van der Waals surface area contributed by atoms with Crippen LogP contribution in [0.3, 0.4) is 0 Å². The van der Waals surface area contributed by atoms with E-state index in [4.69, 9.17) is 20.0 Å². The van der Waals surface area contributed by atoms with E-state index < -0.39 is 19.5 Å². The van der Waals surface area contributed by atoms with Gasteiger partial charge in [0.05, 0.1) is 11.4 Å². The molecule has 0 spiro atoms. The molecule has 6 N–H and O–H groups in total. The molecule has 3 rings (SSSR count). The van der Waals surface area contributed by atoms with Gasteiger partial charge in [0.1, 0.15) is 12.5 Å². The Balaban J connectivity index is 1.58. The van der Waals surface area contributed by atoms with E-state index in [0.717, 1.165) is 11.6 Å². The van der Waals surface area contributed by atoms with Crippen molar-refractivity contribution in [2.24, 2.45) is 5.73 Å². The maximum atomic E-state index is 13.8. The Morgan fingerprint density at radius 3 is 2.79 bits per heavy atom. The molecule has 180 valence electrons. The normalized spacial score (nSPS) is 12.3. The lowest BCUT2D eigenvalue weighted by molar-refractivity contribution is 0.191. The summed E-state index contributed by atoms with van der Waals surface area (Å²) >= 11 is 0. The van der Waals surface area contributed by atoms with Gasteiger partial charge in [0.25, 0.3) is 0 Å². The molecule has 0 fully saturated rings. The van der Waals surface area contributed by atoms with Crippen molar-refractivity contribution in [1.82, 2.24) is 15.5 Å². The summed E-state index contributed by atoms with van der Waals surface area (Å²) in [6.07, 6.45) is 6.66. The summed E-state index contributed by atoms with van der Waals surface area (Å²) in [5.74, 6) is -1.11. The van der Waals surface area contributed by atoms with E-state index in [-0.39, 0.29) is 19.0 Å². The Morgan fingerprint density at radius 2 is 2.09 bits per heavy atom. The van der Waals surface area contributed by atoms with Crippen molar-refractivity contribution in [2.75, 3.05) is 18.6 Å². The van der Waals surface area contributed by atoms with Gasteiger partial charge < -0.3 is 30.7 Å². The van der Waals surface area contributed by atoms with E-state index >= 15 is 0 Å². The molecule has 1 aromatic carbocycles. The number of anilines is 2. The van der Waals surface area contributed by atoms with Gasteiger partial charge in [0, 0.05) is 30.8 Å². The zero-order chi connectivity index (χ0) is 24.6. The minimum atomic E-state index is -4.53. The highest BCUT2D eigenvalue weighted by molar-refractivity contribution is 7.46. The second-order valence-corrected chi connectivity index (χ2v) is 8.10. The van der Waals surface area contributed by atoms with Crippen molar-refractivity contribution < 1.29 is 32.2 Å². The molecule has 0 saturated heterocycles. The van der Waals surface area contributed by atoms with Crippen molar-refractivity contribution in [1.29, 1.82) is 0 Å². The summed E-state index contributed by atoms with van der Waals surface area (Å²) < 4.78 is 47.3. The maximum absolute atomic E-state index is 13.8. The smallest absolute Gasteiger partial charge is 0.368 e. The molecule has 0 radical (unpaired) electrons. The van der Waals surface area contributed by atoms with E-state index in [1.807, 2.05) is 0 Å². The zero-order valence-corrected chi connectivity index (χ0v) is 18.6. The van der Waals surface area contributed by atoms with Gasteiger partial charge in [-0.25, -0.2) is 18.3 Å². The molecular weight excluding hydrogens is 471 g/mol. The fourth-order valence-corrected chi connectivity index (χ4v) is 2.99. The number of aromatic nitrogens is 2. The molecule has 3 aromatic rings. The van der Waals surface area contributed by atoms with Gasteiger partial charge in [0.2, 0.25) is 0 Å². The standard InChI is InChI=1S/C21H22F2N5O5P/c22-17-4-1-5-18(21(17)23)27-20-7-6-14(12-26-20)9-16-10-19(33-28-16)15(11-24)3-2-8-25-13-32-34(29,30)31/h1-8,10,12,25H,9,11,13,24H2,(H,26,27)(H2,29,30,31)/b8-2-,15-3+. The number of nitrogens with one attached hydrogen (secondary N) is 2. The van der Waals surface area contributed by atoms with Gasteiger partial charge in [-0.2, -0.15) is 0 Å². The molecule has 0 unspecified atom stereocenters. The second kappa shape index (κ2) is 11.6. The summed E-state index contributed by atoms with van der Waals surface area (Å²) in [5, 5.41) is 9.31. The average Bonchev–Trinajstić information content (AvgIpc) is 3.25. The number of phosphoric acid groups is 1. The van der Waals surface area contributed by atoms with Crippen LogP contribution in [-0.4, -0.2) is 33.2 Å². The van der Waals surface area contributed by atoms with Crippen molar-refractivity contribution >= 4 is 24.9 Å². The lowest BCUT2D eigenvalue weighted by Gasteiger charge is -2.07. The van der Waals surface area contributed by atoms with Crippen LogP contribution in [0.1, 0.15) is 17.0 Å². The number of pyridine rings is 1. The molecule has 0 saturated carbocycles. The summed E-state index contributed by atoms with van der Waals surface area (Å²) in [5.41, 5.74) is 7.83. The maximum Gasteiger partial charge on any atom is 0.471 e. The molecule has 0 aliphatic carbocycles. The first kappa shape index (κ1) is 25.2. The Bertz CT molecular complexity index is 1210. The van der Waals surface area contributed by atoms with Crippen LogP contribution in [0.15, 0.2) is 65.5 Å². The number of halogens is 2. The summed E-state index contributed by atoms with van der Waals surface area (Å²) in [7, 11) is -4.53. The van der Waals surface area contributed by atoms with E-state index in [0.29, 0.717) is 29.3 Å². The molecule has 0 aliphatic rings. The molecule has 0 bridgehead atoms. The molecule has 2 aromatic heterocycles. The van der Waals surface area contributed by atoms with Crippen LogP contribution in [0.5, 0.6) is 0 Å². The first-order valence-corrected chi connectivity index (χ1v) is 11.4. The summed E-state index contributed by atoms with van der Waals surface area (Å²) in [6, 6.07) is 8.98. The molecule has 34 heavy (non-hydrogen) atoms. The quantitative estimate of drug-likeness (QED) is 0.116.